The SMILES string of the molecule is COCCOCCN=C(N)Nc1cc(C(C)c2ccc(-c3ccccc3)c(F)c2)no1. The van der Waals surface area contributed by atoms with E-state index >= 15 is 0 Å². The molecule has 164 valence electrons. The molecular formula is C23H27FN4O3. The molecule has 0 saturated carbocycles. The van der Waals surface area contributed by atoms with Crippen LogP contribution >= 0.6 is 0 Å². The topological polar surface area (TPSA) is 94.9 Å². The molecule has 1 atom stereocenters. The van der Waals surface area contributed by atoms with Crippen molar-refractivity contribution in [1.29, 1.82) is 0 Å². The lowest BCUT2D eigenvalue weighted by atomic mass is 9.95. The zero-order valence-electron chi connectivity index (χ0n) is 17.7. The van der Waals surface area contributed by atoms with Crippen LogP contribution < -0.4 is 11.1 Å². The average molecular weight is 426 g/mol. The molecule has 0 amide bonds. The van der Waals surface area contributed by atoms with E-state index in [4.69, 9.17) is 19.7 Å². The number of anilines is 1. The highest BCUT2D eigenvalue weighted by molar-refractivity contribution is 5.90. The molecule has 0 radical (unpaired) electrons. The fourth-order valence-electron chi connectivity index (χ4n) is 3.02. The summed E-state index contributed by atoms with van der Waals surface area (Å²) in [5.74, 6) is 0.126. The second-order valence-corrected chi connectivity index (χ2v) is 6.94. The third kappa shape index (κ3) is 6.37. The van der Waals surface area contributed by atoms with Crippen molar-refractivity contribution in [2.45, 2.75) is 12.8 Å². The third-order valence-corrected chi connectivity index (χ3v) is 4.75. The van der Waals surface area contributed by atoms with Crippen molar-refractivity contribution in [1.82, 2.24) is 5.16 Å². The van der Waals surface area contributed by atoms with E-state index in [0.29, 0.717) is 43.5 Å². The van der Waals surface area contributed by atoms with Crippen molar-refractivity contribution in [3.63, 3.8) is 0 Å². The Labute approximate surface area is 181 Å². The zero-order valence-corrected chi connectivity index (χ0v) is 17.7. The smallest absolute Gasteiger partial charge is 0.231 e. The molecule has 0 saturated heterocycles. The molecule has 3 rings (SSSR count). The lowest BCUT2D eigenvalue weighted by molar-refractivity contribution is 0.0748. The maximum atomic E-state index is 14.7. The number of rotatable bonds is 10. The summed E-state index contributed by atoms with van der Waals surface area (Å²) in [5, 5.41) is 6.93. The van der Waals surface area contributed by atoms with Gasteiger partial charge in [-0.05, 0) is 17.2 Å². The minimum atomic E-state index is -0.276. The van der Waals surface area contributed by atoms with Crippen LogP contribution in [-0.2, 0) is 9.47 Å². The van der Waals surface area contributed by atoms with Gasteiger partial charge in [0, 0.05) is 24.7 Å². The molecule has 7 nitrogen and oxygen atoms in total. The molecule has 1 heterocycles. The van der Waals surface area contributed by atoms with E-state index in [9.17, 15) is 4.39 Å². The Morgan fingerprint density at radius 1 is 1.16 bits per heavy atom. The number of methoxy groups -OCH3 is 1. The van der Waals surface area contributed by atoms with E-state index < -0.39 is 0 Å². The lowest BCUT2D eigenvalue weighted by Crippen LogP contribution is -2.23. The van der Waals surface area contributed by atoms with E-state index in [1.54, 1.807) is 19.2 Å². The quantitative estimate of drug-likeness (QED) is 0.289. The molecule has 3 N–H and O–H groups in total. The van der Waals surface area contributed by atoms with Crippen molar-refractivity contribution in [3.05, 3.63) is 71.7 Å². The number of halogens is 1. The highest BCUT2D eigenvalue weighted by Gasteiger charge is 2.16. The Balaban J connectivity index is 1.60. The van der Waals surface area contributed by atoms with Gasteiger partial charge < -0.3 is 19.7 Å². The molecule has 0 aliphatic heterocycles. The van der Waals surface area contributed by atoms with E-state index in [0.717, 1.165) is 11.1 Å². The molecule has 8 heteroatoms. The number of nitrogens with one attached hydrogen (secondary N) is 1. The Morgan fingerprint density at radius 3 is 2.71 bits per heavy atom. The third-order valence-electron chi connectivity index (χ3n) is 4.75. The van der Waals surface area contributed by atoms with Crippen molar-refractivity contribution in [2.24, 2.45) is 10.7 Å². The Kier molecular flexibility index (Phi) is 8.14. The highest BCUT2D eigenvalue weighted by atomic mass is 19.1. The maximum absolute atomic E-state index is 14.7. The average Bonchev–Trinajstić information content (AvgIpc) is 3.24. The number of nitrogens with two attached hydrogens (primary N) is 1. The minimum absolute atomic E-state index is 0.161. The second kappa shape index (κ2) is 11.2. The fourth-order valence-corrected chi connectivity index (χ4v) is 3.02. The molecule has 3 aromatic rings. The van der Waals surface area contributed by atoms with Crippen LogP contribution in [0.1, 0.15) is 24.1 Å². The van der Waals surface area contributed by atoms with Crippen molar-refractivity contribution in [2.75, 3.05) is 38.8 Å². The van der Waals surface area contributed by atoms with Crippen LogP contribution in [0.2, 0.25) is 0 Å². The number of benzene rings is 2. The van der Waals surface area contributed by atoms with Crippen molar-refractivity contribution in [3.8, 4) is 11.1 Å². The molecule has 31 heavy (non-hydrogen) atoms. The van der Waals surface area contributed by atoms with Crippen LogP contribution in [0.25, 0.3) is 11.1 Å². The first-order valence-corrected chi connectivity index (χ1v) is 10.0. The first-order valence-electron chi connectivity index (χ1n) is 10.0. The van der Waals surface area contributed by atoms with E-state index in [-0.39, 0.29) is 17.7 Å². The number of nitrogens with zero attached hydrogens (tertiary/aromatic N) is 2. The number of aromatic nitrogens is 1. The molecule has 0 bridgehead atoms. The van der Waals surface area contributed by atoms with Crippen LogP contribution in [-0.4, -0.2) is 44.6 Å². The summed E-state index contributed by atoms with van der Waals surface area (Å²) in [6, 6.07) is 16.4. The summed E-state index contributed by atoms with van der Waals surface area (Å²) in [4.78, 5) is 4.16. The summed E-state index contributed by atoms with van der Waals surface area (Å²) < 4.78 is 30.2. The Hall–Kier alpha value is -3.23. The molecule has 0 aliphatic carbocycles. The predicted molar refractivity (Wildman–Crippen MR) is 119 cm³/mol. The summed E-state index contributed by atoms with van der Waals surface area (Å²) in [6.07, 6.45) is 0. The maximum Gasteiger partial charge on any atom is 0.231 e. The fraction of sp³-hybridized carbons (Fsp3) is 0.304. The first-order chi connectivity index (χ1) is 15.1. The number of ether oxygens (including phenoxy) is 2. The van der Waals surface area contributed by atoms with Gasteiger partial charge in [0.1, 0.15) is 5.82 Å². The molecule has 0 fully saturated rings. The van der Waals surface area contributed by atoms with E-state index in [2.05, 4.69) is 15.5 Å². The molecule has 1 aromatic heterocycles. The first kappa shape index (κ1) is 22.5. The molecular weight excluding hydrogens is 399 g/mol. The van der Waals surface area contributed by atoms with E-state index in [1.807, 2.05) is 43.3 Å². The van der Waals surface area contributed by atoms with Crippen LogP contribution in [0, 0.1) is 5.82 Å². The van der Waals surface area contributed by atoms with Gasteiger partial charge in [0.2, 0.25) is 5.88 Å². The van der Waals surface area contributed by atoms with Gasteiger partial charge in [0.25, 0.3) is 0 Å². The van der Waals surface area contributed by atoms with E-state index in [1.165, 1.54) is 6.07 Å². The van der Waals surface area contributed by atoms with Gasteiger partial charge in [0.15, 0.2) is 5.96 Å². The Bertz CT molecular complexity index is 991. The number of guanidine groups is 1. The standard InChI is InChI=1S/C23H27FN4O3/c1-16(18-8-9-19(20(24)14-18)17-6-4-3-5-7-17)21-15-22(31-28-21)27-23(25)26-10-11-30-13-12-29-2/h3-9,14-16H,10-13H2,1-2H3,(H3,25,26,27). The largest absolute Gasteiger partial charge is 0.382 e. The lowest BCUT2D eigenvalue weighted by Gasteiger charge is -2.11. The van der Waals surface area contributed by atoms with Crippen molar-refractivity contribution >= 4 is 11.8 Å². The minimum Gasteiger partial charge on any atom is -0.382 e. The van der Waals surface area contributed by atoms with Crippen molar-refractivity contribution < 1.29 is 18.4 Å². The van der Waals surface area contributed by atoms with Crippen LogP contribution in [0.4, 0.5) is 10.3 Å². The summed E-state index contributed by atoms with van der Waals surface area (Å²) in [7, 11) is 1.62. The summed E-state index contributed by atoms with van der Waals surface area (Å²) in [5.41, 5.74) is 8.71. The Morgan fingerprint density at radius 2 is 1.97 bits per heavy atom. The summed E-state index contributed by atoms with van der Waals surface area (Å²) in [6.45, 7) is 3.83. The van der Waals surface area contributed by atoms with Gasteiger partial charge >= 0.3 is 0 Å². The number of hydrogen-bond donors (Lipinski definition) is 2. The molecule has 1 unspecified atom stereocenters. The molecule has 2 aromatic carbocycles. The van der Waals surface area contributed by atoms with Crippen LogP contribution in [0.3, 0.4) is 0 Å². The van der Waals surface area contributed by atoms with Gasteiger partial charge in [-0.3, -0.25) is 10.3 Å². The van der Waals surface area contributed by atoms with Crippen LogP contribution in [0.5, 0.6) is 0 Å². The molecule has 0 aliphatic rings. The summed E-state index contributed by atoms with van der Waals surface area (Å²) >= 11 is 0. The normalized spacial score (nSPS) is 12.7. The van der Waals surface area contributed by atoms with Crippen LogP contribution in [0.15, 0.2) is 64.1 Å². The zero-order chi connectivity index (χ0) is 22.1. The monoisotopic (exact) mass is 426 g/mol. The number of hydrogen-bond acceptors (Lipinski definition) is 5. The van der Waals surface area contributed by atoms with Gasteiger partial charge in [-0.1, -0.05) is 54.5 Å². The van der Waals surface area contributed by atoms with Gasteiger partial charge in [0.05, 0.1) is 32.1 Å². The van der Waals surface area contributed by atoms with Gasteiger partial charge in [-0.15, -0.1) is 0 Å². The second-order valence-electron chi connectivity index (χ2n) is 6.94. The van der Waals surface area contributed by atoms with Gasteiger partial charge in [-0.2, -0.15) is 0 Å². The predicted octanol–water partition coefficient (Wildman–Crippen LogP) is 4.02. The highest BCUT2D eigenvalue weighted by Crippen LogP contribution is 2.29. The molecule has 0 spiro atoms. The van der Waals surface area contributed by atoms with Gasteiger partial charge in [-0.25, -0.2) is 4.39 Å². The number of aliphatic imine (C=N–C) groups is 1.